The largest absolute Gasteiger partial charge is 0.455 e. The summed E-state index contributed by atoms with van der Waals surface area (Å²) in [6.45, 7) is 0. The highest BCUT2D eigenvalue weighted by Gasteiger charge is 2.46. The molecule has 0 aliphatic heterocycles. The third-order valence-electron chi connectivity index (χ3n) is 13.6. The van der Waals surface area contributed by atoms with Crippen LogP contribution in [0.15, 0.2) is 265 Å². The van der Waals surface area contributed by atoms with Gasteiger partial charge in [0.2, 0.25) is 0 Å². The molecule has 314 valence electrons. The van der Waals surface area contributed by atoms with Crippen molar-refractivity contribution in [3.05, 3.63) is 283 Å². The topological polar surface area (TPSA) is 16.4 Å². The molecule has 67 heavy (non-hydrogen) atoms. The third kappa shape index (κ3) is 6.26. The van der Waals surface area contributed by atoms with Crippen molar-refractivity contribution in [2.24, 2.45) is 0 Å². The van der Waals surface area contributed by atoms with Gasteiger partial charge in [0, 0.05) is 33.2 Å². The molecule has 12 aromatic rings. The van der Waals surface area contributed by atoms with Gasteiger partial charge in [0.1, 0.15) is 11.2 Å². The van der Waals surface area contributed by atoms with Gasteiger partial charge in [-0.25, -0.2) is 0 Å². The minimum atomic E-state index is -0.709. The summed E-state index contributed by atoms with van der Waals surface area (Å²) in [4.78, 5) is 1.92. The molecule has 13 rings (SSSR count). The Labute approximate surface area is 395 Å². The summed E-state index contributed by atoms with van der Waals surface area (Å²) in [7, 11) is 0. The van der Waals surface area contributed by atoms with Crippen molar-refractivity contribution in [3.63, 3.8) is 0 Å². The molecule has 11 aromatic carbocycles. The minimum absolute atomic E-state index is 0.115. The van der Waals surface area contributed by atoms with Gasteiger partial charge in [-0.2, -0.15) is 0 Å². The van der Waals surface area contributed by atoms with Gasteiger partial charge in [-0.05, 0) is 127 Å². The summed E-state index contributed by atoms with van der Waals surface area (Å²) in [5, 5.41) is 4.25. The van der Waals surface area contributed by atoms with Gasteiger partial charge in [-0.3, -0.25) is 0 Å². The monoisotopic (exact) mass is 857 g/mol. The van der Waals surface area contributed by atoms with Crippen LogP contribution in [0.4, 0.5) is 17.1 Å². The lowest BCUT2D eigenvalue weighted by atomic mass is 9.67. The molecule has 0 N–H and O–H groups in total. The Kier molecular flexibility index (Phi) is 8.15. The van der Waals surface area contributed by atoms with Gasteiger partial charge < -0.3 is 9.32 Å². The van der Waals surface area contributed by atoms with E-state index >= 15 is 0 Å². The standard InChI is InChI=1S/C65H43NO/c1-4-16-44(17-5-1)48-19-14-20-49(42-48)45-30-35-52(36-31-45)66(53-37-32-47(33-38-53)55-27-15-29-62-63(55)59-40-34-46-18-10-11-25-56(46)64(59)67-62)54-39-41-58-57-26-12-13-28-60(57)65(61(58)43-54,50-21-6-2-7-22-50)51-23-8-3-9-24-51/h1-43H/i30D,31D,35D,36D. The van der Waals surface area contributed by atoms with E-state index in [1.807, 2.05) is 108 Å². The molecule has 1 aliphatic carbocycles. The second kappa shape index (κ2) is 15.8. The quantitative estimate of drug-likeness (QED) is 0.151. The van der Waals surface area contributed by atoms with E-state index in [1.165, 1.54) is 5.56 Å². The number of fused-ring (bicyclic) bond motifs is 8. The third-order valence-corrected chi connectivity index (χ3v) is 13.6. The van der Waals surface area contributed by atoms with Crippen molar-refractivity contribution < 1.29 is 9.90 Å². The van der Waals surface area contributed by atoms with Crippen LogP contribution in [0, 0.1) is 0 Å². The number of hydrogen-bond donors (Lipinski definition) is 0. The molecule has 0 radical (unpaired) electrons. The average Bonchev–Trinajstić information content (AvgIpc) is 3.97. The predicted octanol–water partition coefficient (Wildman–Crippen LogP) is 17.6. The van der Waals surface area contributed by atoms with Crippen molar-refractivity contribution in [2.75, 3.05) is 4.90 Å². The van der Waals surface area contributed by atoms with E-state index in [9.17, 15) is 5.48 Å². The molecule has 0 spiro atoms. The summed E-state index contributed by atoms with van der Waals surface area (Å²) in [6.07, 6.45) is 0. The van der Waals surface area contributed by atoms with Crippen LogP contribution < -0.4 is 4.90 Å². The average molecular weight is 858 g/mol. The van der Waals surface area contributed by atoms with E-state index in [4.69, 9.17) is 4.42 Å². The number of hydrogen-bond acceptors (Lipinski definition) is 2. The summed E-state index contributed by atoms with van der Waals surface area (Å²) in [5.41, 5.74) is 14.0. The molecule has 0 unspecified atom stereocenters. The van der Waals surface area contributed by atoms with Gasteiger partial charge in [-0.1, -0.05) is 206 Å². The van der Waals surface area contributed by atoms with Gasteiger partial charge in [0.25, 0.3) is 0 Å². The van der Waals surface area contributed by atoms with Crippen LogP contribution in [0.3, 0.4) is 0 Å². The summed E-state index contributed by atoms with van der Waals surface area (Å²) < 4.78 is 45.8. The number of furan rings is 1. The summed E-state index contributed by atoms with van der Waals surface area (Å²) >= 11 is 0. The van der Waals surface area contributed by atoms with E-state index in [-0.39, 0.29) is 35.4 Å². The highest BCUT2D eigenvalue weighted by molar-refractivity contribution is 6.19. The van der Waals surface area contributed by atoms with E-state index in [1.54, 1.807) is 0 Å². The highest BCUT2D eigenvalue weighted by Crippen LogP contribution is 2.57. The second-order valence-corrected chi connectivity index (χ2v) is 17.3. The Hall–Kier alpha value is -8.72. The fourth-order valence-electron chi connectivity index (χ4n) is 10.6. The number of rotatable bonds is 8. The van der Waals surface area contributed by atoms with E-state index in [0.717, 1.165) is 82.8 Å². The van der Waals surface area contributed by atoms with E-state index in [2.05, 4.69) is 133 Å². The smallest absolute Gasteiger partial charge is 0.143 e. The first-order chi connectivity index (χ1) is 34.9. The lowest BCUT2D eigenvalue weighted by molar-refractivity contribution is 0.673. The summed E-state index contributed by atoms with van der Waals surface area (Å²) in [5.74, 6) is 0. The second-order valence-electron chi connectivity index (χ2n) is 17.3. The van der Waals surface area contributed by atoms with E-state index < -0.39 is 5.41 Å². The number of anilines is 3. The van der Waals surface area contributed by atoms with Gasteiger partial charge >= 0.3 is 0 Å². The van der Waals surface area contributed by atoms with Crippen LogP contribution in [-0.4, -0.2) is 0 Å². The first kappa shape index (κ1) is 34.7. The predicted molar refractivity (Wildman–Crippen MR) is 280 cm³/mol. The fraction of sp³-hybridized carbons (Fsp3) is 0.0154. The maximum atomic E-state index is 9.92. The molecule has 2 heteroatoms. The van der Waals surface area contributed by atoms with Gasteiger partial charge in [0.15, 0.2) is 0 Å². The summed E-state index contributed by atoms with van der Waals surface area (Å²) in [6, 6.07) is 80.5. The van der Waals surface area contributed by atoms with Crippen molar-refractivity contribution in [1.82, 2.24) is 0 Å². The first-order valence-corrected chi connectivity index (χ1v) is 22.8. The molecular weight excluding hydrogens is 811 g/mol. The maximum Gasteiger partial charge on any atom is 0.143 e. The van der Waals surface area contributed by atoms with Crippen LogP contribution in [0.5, 0.6) is 0 Å². The number of nitrogens with zero attached hydrogens (tertiary/aromatic N) is 1. The van der Waals surface area contributed by atoms with Crippen LogP contribution in [0.1, 0.15) is 27.7 Å². The molecule has 0 bridgehead atoms. The zero-order chi connectivity index (χ0) is 47.8. The molecule has 0 fully saturated rings. The van der Waals surface area contributed by atoms with Crippen molar-refractivity contribution in [1.29, 1.82) is 0 Å². The SMILES string of the molecule is [2H]c1c([2H])c(N(c2ccc(-c3cccc4oc5c6ccccc6ccc5c34)cc2)c2ccc3c(c2)C(c2ccccc2)(c2ccccc2)c2ccccc2-3)c([2H])c([2H])c1-c1cccc(-c2ccccc2)c1. The highest BCUT2D eigenvalue weighted by atomic mass is 16.3. The number of benzene rings is 11. The normalized spacial score (nSPS) is 13.4. The molecule has 0 atom stereocenters. The Morgan fingerprint density at radius 1 is 0.358 bits per heavy atom. The molecule has 0 saturated heterocycles. The molecule has 1 heterocycles. The lowest BCUT2D eigenvalue weighted by Gasteiger charge is -2.35. The molecule has 1 aromatic heterocycles. The molecule has 0 amide bonds. The molecule has 0 saturated carbocycles. The van der Waals surface area contributed by atoms with Gasteiger partial charge in [-0.15, -0.1) is 0 Å². The van der Waals surface area contributed by atoms with Crippen molar-refractivity contribution >= 4 is 49.8 Å². The Morgan fingerprint density at radius 2 is 0.955 bits per heavy atom. The minimum Gasteiger partial charge on any atom is -0.455 e. The Morgan fingerprint density at radius 3 is 1.72 bits per heavy atom. The first-order valence-electron chi connectivity index (χ1n) is 24.8. The van der Waals surface area contributed by atoms with Crippen LogP contribution in [-0.2, 0) is 5.41 Å². The molecular formula is C65H43NO. The van der Waals surface area contributed by atoms with Crippen molar-refractivity contribution in [3.8, 4) is 44.5 Å². The lowest BCUT2D eigenvalue weighted by Crippen LogP contribution is -2.28. The zero-order valence-corrected chi connectivity index (χ0v) is 36.4. The Balaban J connectivity index is 1.03. The fourth-order valence-corrected chi connectivity index (χ4v) is 10.6. The zero-order valence-electron chi connectivity index (χ0n) is 40.4. The maximum absolute atomic E-state index is 9.92. The van der Waals surface area contributed by atoms with Crippen molar-refractivity contribution in [2.45, 2.75) is 5.41 Å². The van der Waals surface area contributed by atoms with E-state index in [0.29, 0.717) is 16.9 Å². The van der Waals surface area contributed by atoms with Crippen LogP contribution >= 0.6 is 0 Å². The van der Waals surface area contributed by atoms with Crippen LogP contribution in [0.2, 0.25) is 0 Å². The van der Waals surface area contributed by atoms with Gasteiger partial charge in [0.05, 0.1) is 10.9 Å². The Bertz CT molecular complexity index is 3970. The molecule has 1 aliphatic rings. The molecule has 2 nitrogen and oxygen atoms in total. The van der Waals surface area contributed by atoms with Crippen LogP contribution in [0.25, 0.3) is 77.2 Å².